The van der Waals surface area contributed by atoms with Gasteiger partial charge < -0.3 is 5.32 Å². The number of nitroso groups, excluding NO2 is 1. The lowest BCUT2D eigenvalue weighted by Gasteiger charge is -2.14. The van der Waals surface area contributed by atoms with Crippen LogP contribution in [0.15, 0.2) is 5.18 Å². The first-order valence-electron chi connectivity index (χ1n) is 11.2. The summed E-state index contributed by atoms with van der Waals surface area (Å²) in [6.07, 6.45) is 16.7. The molecule has 0 aliphatic heterocycles. The lowest BCUT2D eigenvalue weighted by molar-refractivity contribution is -0.127. The van der Waals surface area contributed by atoms with Crippen LogP contribution >= 0.6 is 0 Å². The Balaban J connectivity index is 3.58. The summed E-state index contributed by atoms with van der Waals surface area (Å²) in [7, 11) is 0. The minimum Gasteiger partial charge on any atom is -0.346 e. The van der Waals surface area contributed by atoms with Crippen molar-refractivity contribution in [3.8, 4) is 0 Å². The van der Waals surface area contributed by atoms with Crippen LogP contribution in [-0.2, 0) is 14.4 Å². The van der Waals surface area contributed by atoms with Crippen LogP contribution in [0.25, 0.3) is 0 Å². The van der Waals surface area contributed by atoms with E-state index in [2.05, 4.69) is 17.4 Å². The number of hydrogen-bond donors (Lipinski definition) is 1. The average molecular weight is 397 g/mol. The van der Waals surface area contributed by atoms with Crippen molar-refractivity contribution in [1.82, 2.24) is 5.32 Å². The molecule has 0 aromatic rings. The van der Waals surface area contributed by atoms with Crippen molar-refractivity contribution in [2.45, 2.75) is 123 Å². The van der Waals surface area contributed by atoms with E-state index in [0.29, 0.717) is 6.42 Å². The quantitative estimate of drug-likeness (QED) is 0.227. The average Bonchev–Trinajstić information content (AvgIpc) is 2.68. The minimum atomic E-state index is -0.794. The smallest absolute Gasteiger partial charge is 0.286 e. The molecule has 1 unspecified atom stereocenters. The first kappa shape index (κ1) is 26.4. The van der Waals surface area contributed by atoms with Gasteiger partial charge >= 0.3 is 0 Å². The maximum Gasteiger partial charge on any atom is 0.286 e. The van der Waals surface area contributed by atoms with Crippen molar-refractivity contribution in [2.75, 3.05) is 0 Å². The Kier molecular flexibility index (Phi) is 17.7. The van der Waals surface area contributed by atoms with Crippen LogP contribution in [0.5, 0.6) is 0 Å². The molecule has 0 aliphatic carbocycles. The summed E-state index contributed by atoms with van der Waals surface area (Å²) in [5.41, 5.74) is 0. The van der Waals surface area contributed by atoms with E-state index >= 15 is 0 Å². The van der Waals surface area contributed by atoms with Gasteiger partial charge in [-0.05, 0) is 19.8 Å². The van der Waals surface area contributed by atoms with Gasteiger partial charge in [-0.2, -0.15) is 0 Å². The minimum absolute atomic E-state index is 0.118. The van der Waals surface area contributed by atoms with Gasteiger partial charge in [0.2, 0.25) is 5.91 Å². The van der Waals surface area contributed by atoms with Crippen LogP contribution in [0, 0.1) is 4.91 Å². The Morgan fingerprint density at radius 3 is 1.64 bits per heavy atom. The predicted molar refractivity (Wildman–Crippen MR) is 113 cm³/mol. The topological polar surface area (TPSA) is 92.7 Å². The fraction of sp³-hybridized carbons (Fsp3) is 0.864. The van der Waals surface area contributed by atoms with Gasteiger partial charge in [-0.1, -0.05) is 84.0 Å². The summed E-state index contributed by atoms with van der Waals surface area (Å²) in [6, 6.07) is -0.708. The van der Waals surface area contributed by atoms with Gasteiger partial charge in [0, 0.05) is 18.0 Å². The molecule has 0 heterocycles. The number of carbonyl (C=O) groups excluding carboxylic acids is 3. The summed E-state index contributed by atoms with van der Waals surface area (Å²) in [6.45, 7) is 3.61. The molecule has 6 heteroatoms. The molecule has 28 heavy (non-hydrogen) atoms. The second-order valence-electron chi connectivity index (χ2n) is 7.75. The zero-order valence-corrected chi connectivity index (χ0v) is 18.0. The van der Waals surface area contributed by atoms with E-state index in [1.807, 2.05) is 0 Å². The number of carbonyl (C=O) groups is 3. The Morgan fingerprint density at radius 2 is 1.21 bits per heavy atom. The molecule has 1 N–H and O–H groups in total. The molecule has 0 saturated carbocycles. The van der Waals surface area contributed by atoms with Gasteiger partial charge in [0.05, 0.1) is 6.04 Å². The number of rotatable bonds is 19. The van der Waals surface area contributed by atoms with Gasteiger partial charge in [0.1, 0.15) is 0 Å². The van der Waals surface area contributed by atoms with Crippen molar-refractivity contribution >= 4 is 17.6 Å². The lowest BCUT2D eigenvalue weighted by Crippen LogP contribution is -2.39. The second-order valence-corrected chi connectivity index (χ2v) is 7.75. The molecule has 0 radical (unpaired) electrons. The monoisotopic (exact) mass is 396 g/mol. The van der Waals surface area contributed by atoms with Crippen LogP contribution in [-0.4, -0.2) is 23.6 Å². The molecule has 0 fully saturated rings. The summed E-state index contributed by atoms with van der Waals surface area (Å²) >= 11 is 0. The summed E-state index contributed by atoms with van der Waals surface area (Å²) in [5.74, 6) is -1.18. The highest BCUT2D eigenvalue weighted by Crippen LogP contribution is 2.13. The van der Waals surface area contributed by atoms with Crippen molar-refractivity contribution in [3.63, 3.8) is 0 Å². The van der Waals surface area contributed by atoms with Gasteiger partial charge in [-0.3, -0.25) is 14.4 Å². The molecule has 0 spiro atoms. The second kappa shape index (κ2) is 18.8. The van der Waals surface area contributed by atoms with E-state index in [0.717, 1.165) is 19.3 Å². The largest absolute Gasteiger partial charge is 0.346 e. The number of amides is 2. The Morgan fingerprint density at radius 1 is 0.750 bits per heavy atom. The highest BCUT2D eigenvalue weighted by Gasteiger charge is 2.18. The van der Waals surface area contributed by atoms with E-state index in [-0.39, 0.29) is 24.5 Å². The molecule has 6 nitrogen and oxygen atoms in total. The summed E-state index contributed by atoms with van der Waals surface area (Å²) < 4.78 is 0. The molecule has 0 bridgehead atoms. The van der Waals surface area contributed by atoms with E-state index in [1.54, 1.807) is 0 Å². The highest BCUT2D eigenvalue weighted by molar-refractivity contribution is 5.88. The standard InChI is InChI=1S/C22H40N2O4/c1-3-4-5-6-7-8-9-10-11-12-13-14-15-16-21(26)23-20(19(2)25)17-18-22(27)24-28/h20H,3-18H2,1-2H3,(H,23,26). The maximum absolute atomic E-state index is 11.9. The van der Waals surface area contributed by atoms with E-state index in [1.165, 1.54) is 71.1 Å². The highest BCUT2D eigenvalue weighted by atomic mass is 16.3. The molecule has 0 aromatic carbocycles. The number of nitrogens with zero attached hydrogens (tertiary/aromatic N) is 1. The number of hydrogen-bond acceptors (Lipinski definition) is 4. The molecule has 0 saturated heterocycles. The molecular formula is C22H40N2O4. The fourth-order valence-corrected chi connectivity index (χ4v) is 3.26. The van der Waals surface area contributed by atoms with Gasteiger partial charge in [-0.15, -0.1) is 4.91 Å². The van der Waals surface area contributed by atoms with Gasteiger partial charge in [0.15, 0.2) is 5.78 Å². The molecule has 0 aromatic heterocycles. The Bertz CT molecular complexity index is 452. The van der Waals surface area contributed by atoms with Crippen LogP contribution in [0.3, 0.4) is 0 Å². The van der Waals surface area contributed by atoms with E-state index < -0.39 is 11.9 Å². The molecule has 162 valence electrons. The molecule has 1 atom stereocenters. The van der Waals surface area contributed by atoms with Crippen LogP contribution in [0.2, 0.25) is 0 Å². The van der Waals surface area contributed by atoms with Crippen molar-refractivity contribution in [3.05, 3.63) is 4.91 Å². The first-order valence-corrected chi connectivity index (χ1v) is 11.2. The molecular weight excluding hydrogens is 356 g/mol. The zero-order valence-electron chi connectivity index (χ0n) is 18.0. The number of ketones is 1. The number of nitrogens with one attached hydrogen (secondary N) is 1. The SMILES string of the molecule is CCCCCCCCCCCCCCCC(=O)NC(CCC(=O)N=O)C(C)=O. The van der Waals surface area contributed by atoms with Crippen LogP contribution in [0.4, 0.5) is 0 Å². The number of Topliss-reactive ketones (excluding diaryl/α,β-unsaturated/α-hetero) is 1. The van der Waals surface area contributed by atoms with Crippen LogP contribution < -0.4 is 5.32 Å². The third-order valence-electron chi connectivity index (χ3n) is 5.08. The zero-order chi connectivity index (χ0) is 21.0. The normalized spacial score (nSPS) is 11.8. The van der Waals surface area contributed by atoms with Gasteiger partial charge in [0.25, 0.3) is 5.91 Å². The lowest BCUT2D eigenvalue weighted by atomic mass is 10.0. The van der Waals surface area contributed by atoms with E-state index in [9.17, 15) is 19.3 Å². The van der Waals surface area contributed by atoms with E-state index in [4.69, 9.17) is 0 Å². The predicted octanol–water partition coefficient (Wildman–Crippen LogP) is 5.61. The maximum atomic E-state index is 11.9. The summed E-state index contributed by atoms with van der Waals surface area (Å²) in [4.78, 5) is 44.5. The Hall–Kier alpha value is -1.59. The fourth-order valence-electron chi connectivity index (χ4n) is 3.26. The first-order chi connectivity index (χ1) is 13.5. The Labute approximate surface area is 170 Å². The summed E-state index contributed by atoms with van der Waals surface area (Å²) in [5, 5.41) is 4.96. The molecule has 0 aliphatic rings. The third kappa shape index (κ3) is 16.6. The van der Waals surface area contributed by atoms with Crippen molar-refractivity contribution in [1.29, 1.82) is 0 Å². The van der Waals surface area contributed by atoms with Crippen molar-refractivity contribution < 1.29 is 14.4 Å². The van der Waals surface area contributed by atoms with Crippen molar-refractivity contribution in [2.24, 2.45) is 5.18 Å². The number of unbranched alkanes of at least 4 members (excludes halogenated alkanes) is 12. The third-order valence-corrected chi connectivity index (χ3v) is 5.08. The molecule has 2 amide bonds. The van der Waals surface area contributed by atoms with Crippen LogP contribution in [0.1, 0.15) is 117 Å². The molecule has 0 rings (SSSR count). The van der Waals surface area contributed by atoms with Gasteiger partial charge in [-0.25, -0.2) is 0 Å².